The van der Waals surface area contributed by atoms with Crippen LogP contribution in [0.25, 0.3) is 32.7 Å². The minimum absolute atomic E-state index is 0.0255. The van der Waals surface area contributed by atoms with Gasteiger partial charge in [-0.1, -0.05) is 102 Å². The summed E-state index contributed by atoms with van der Waals surface area (Å²) >= 11 is 0. The molecule has 2 aliphatic rings. The topological polar surface area (TPSA) is 43.2 Å². The summed E-state index contributed by atoms with van der Waals surface area (Å²) in [6, 6.07) is 26.0. The highest BCUT2D eigenvalue weighted by molar-refractivity contribution is 6.19. The first-order valence-electron chi connectivity index (χ1n) is 13.6. The summed E-state index contributed by atoms with van der Waals surface area (Å²) in [6.07, 6.45) is 0. The van der Waals surface area contributed by atoms with Gasteiger partial charge in [-0.25, -0.2) is 9.98 Å². The second-order valence-corrected chi connectivity index (χ2v) is 12.7. The van der Waals surface area contributed by atoms with E-state index in [0.717, 1.165) is 22.3 Å². The number of aliphatic imine (C=N–C) groups is 2. The molecule has 2 unspecified atom stereocenters. The number of benzene rings is 4. The van der Waals surface area contributed by atoms with Crippen molar-refractivity contribution in [2.45, 2.75) is 53.6 Å². The predicted octanol–water partition coefficient (Wildman–Crippen LogP) is 8.04. The molecular formula is C34H36N2O2. The molecule has 6 rings (SSSR count). The Morgan fingerprint density at radius 3 is 1.32 bits per heavy atom. The Kier molecular flexibility index (Phi) is 5.82. The van der Waals surface area contributed by atoms with E-state index in [9.17, 15) is 0 Å². The van der Waals surface area contributed by atoms with Crippen LogP contribution in [0, 0.1) is 10.8 Å². The Morgan fingerprint density at radius 1 is 0.553 bits per heavy atom. The molecule has 0 radical (unpaired) electrons. The van der Waals surface area contributed by atoms with Gasteiger partial charge in [-0.2, -0.15) is 0 Å². The van der Waals surface area contributed by atoms with Crippen LogP contribution in [-0.2, 0) is 9.47 Å². The second kappa shape index (κ2) is 8.97. The average molecular weight is 505 g/mol. The summed E-state index contributed by atoms with van der Waals surface area (Å²) in [7, 11) is 0. The first kappa shape index (κ1) is 24.7. The molecule has 0 saturated heterocycles. The van der Waals surface area contributed by atoms with Crippen molar-refractivity contribution >= 4 is 33.3 Å². The molecule has 194 valence electrons. The third-order valence-corrected chi connectivity index (χ3v) is 7.87. The van der Waals surface area contributed by atoms with Gasteiger partial charge in [-0.15, -0.1) is 0 Å². The Hall–Kier alpha value is -3.66. The van der Waals surface area contributed by atoms with Crippen LogP contribution in [0.5, 0.6) is 0 Å². The van der Waals surface area contributed by atoms with Gasteiger partial charge < -0.3 is 9.47 Å². The standard InChI is InChI=1S/C34H36N2O2/c1-33(2,3)27-19-37-31(35-27)25-17-15-21-11-7-9-13-23(21)29(25)30-24-14-10-8-12-22(24)16-18-26(30)32-36-28(20-38-32)34(4,5)6/h7-18,27-28H,19-20H2,1-6H3. The van der Waals surface area contributed by atoms with E-state index in [1.807, 2.05) is 0 Å². The number of ether oxygens (including phenoxy) is 2. The quantitative estimate of drug-likeness (QED) is 0.283. The van der Waals surface area contributed by atoms with E-state index in [4.69, 9.17) is 19.5 Å². The molecule has 0 aliphatic carbocycles. The third-order valence-electron chi connectivity index (χ3n) is 7.87. The lowest BCUT2D eigenvalue weighted by atomic mass is 9.86. The normalized spacial score (nSPS) is 19.8. The molecular weight excluding hydrogens is 468 g/mol. The van der Waals surface area contributed by atoms with E-state index in [0.29, 0.717) is 25.0 Å². The number of fused-ring (bicyclic) bond motifs is 2. The first-order chi connectivity index (χ1) is 18.1. The maximum Gasteiger partial charge on any atom is 0.217 e. The summed E-state index contributed by atoms with van der Waals surface area (Å²) < 4.78 is 12.6. The average Bonchev–Trinajstić information content (AvgIpc) is 3.58. The van der Waals surface area contributed by atoms with Crippen molar-refractivity contribution < 1.29 is 9.47 Å². The van der Waals surface area contributed by atoms with Crippen LogP contribution < -0.4 is 0 Å². The molecule has 0 bridgehead atoms. The van der Waals surface area contributed by atoms with Gasteiger partial charge in [0.15, 0.2) is 0 Å². The van der Waals surface area contributed by atoms with Crippen LogP contribution in [-0.4, -0.2) is 37.1 Å². The molecule has 4 nitrogen and oxygen atoms in total. The van der Waals surface area contributed by atoms with E-state index < -0.39 is 0 Å². The van der Waals surface area contributed by atoms with Crippen LogP contribution >= 0.6 is 0 Å². The van der Waals surface area contributed by atoms with Gasteiger partial charge in [0.1, 0.15) is 13.2 Å². The van der Waals surface area contributed by atoms with Gasteiger partial charge in [0.05, 0.1) is 12.1 Å². The van der Waals surface area contributed by atoms with Gasteiger partial charge in [-0.05, 0) is 44.5 Å². The molecule has 0 saturated carbocycles. The molecule has 2 heterocycles. The van der Waals surface area contributed by atoms with E-state index in [2.05, 4.69) is 114 Å². The summed E-state index contributed by atoms with van der Waals surface area (Å²) in [5.41, 5.74) is 4.32. The van der Waals surface area contributed by atoms with Crippen molar-refractivity contribution in [2.24, 2.45) is 20.8 Å². The zero-order valence-electron chi connectivity index (χ0n) is 23.2. The molecule has 0 N–H and O–H groups in total. The van der Waals surface area contributed by atoms with E-state index in [-0.39, 0.29) is 22.9 Å². The fourth-order valence-electron chi connectivity index (χ4n) is 5.37. The predicted molar refractivity (Wildman–Crippen MR) is 158 cm³/mol. The van der Waals surface area contributed by atoms with Gasteiger partial charge >= 0.3 is 0 Å². The van der Waals surface area contributed by atoms with Crippen molar-refractivity contribution in [3.05, 3.63) is 83.9 Å². The molecule has 4 aromatic carbocycles. The summed E-state index contributed by atoms with van der Waals surface area (Å²) in [5, 5.41) is 4.69. The van der Waals surface area contributed by atoms with Crippen molar-refractivity contribution in [3.8, 4) is 11.1 Å². The maximum atomic E-state index is 6.32. The van der Waals surface area contributed by atoms with Crippen molar-refractivity contribution in [2.75, 3.05) is 13.2 Å². The van der Waals surface area contributed by atoms with E-state index in [1.165, 1.54) is 21.5 Å². The molecule has 0 spiro atoms. The Bertz CT molecular complexity index is 1480. The zero-order chi connectivity index (χ0) is 26.7. The fourth-order valence-corrected chi connectivity index (χ4v) is 5.37. The molecule has 4 heteroatoms. The maximum absolute atomic E-state index is 6.32. The zero-order valence-corrected chi connectivity index (χ0v) is 23.2. The molecule has 0 fully saturated rings. The van der Waals surface area contributed by atoms with Crippen LogP contribution in [0.4, 0.5) is 0 Å². The summed E-state index contributed by atoms with van der Waals surface area (Å²) in [4.78, 5) is 10.2. The minimum Gasteiger partial charge on any atom is -0.475 e. The van der Waals surface area contributed by atoms with Crippen molar-refractivity contribution in [1.82, 2.24) is 0 Å². The SMILES string of the molecule is CC(C)(C)C1COC(c2ccc3ccccc3c2-c2c(C3=NC(C(C)(C)C)CO3)ccc3ccccc23)=N1. The lowest BCUT2D eigenvalue weighted by Crippen LogP contribution is -2.25. The Labute approximate surface area is 225 Å². The lowest BCUT2D eigenvalue weighted by molar-refractivity contribution is 0.235. The summed E-state index contributed by atoms with van der Waals surface area (Å²) in [6.45, 7) is 14.5. The monoisotopic (exact) mass is 504 g/mol. The van der Waals surface area contributed by atoms with E-state index in [1.54, 1.807) is 0 Å². The van der Waals surface area contributed by atoms with Crippen molar-refractivity contribution in [3.63, 3.8) is 0 Å². The highest BCUT2D eigenvalue weighted by Crippen LogP contribution is 2.42. The number of hydrogen-bond acceptors (Lipinski definition) is 4. The van der Waals surface area contributed by atoms with Gasteiger partial charge in [-0.3, -0.25) is 0 Å². The smallest absolute Gasteiger partial charge is 0.217 e. The number of rotatable bonds is 3. The molecule has 2 aliphatic heterocycles. The largest absolute Gasteiger partial charge is 0.475 e. The van der Waals surface area contributed by atoms with Crippen LogP contribution in [0.1, 0.15) is 52.7 Å². The van der Waals surface area contributed by atoms with Gasteiger partial charge in [0.2, 0.25) is 11.8 Å². The molecule has 0 amide bonds. The number of nitrogens with zero attached hydrogens (tertiary/aromatic N) is 2. The highest BCUT2D eigenvalue weighted by Gasteiger charge is 2.34. The highest BCUT2D eigenvalue weighted by atomic mass is 16.5. The van der Waals surface area contributed by atoms with E-state index >= 15 is 0 Å². The molecule has 38 heavy (non-hydrogen) atoms. The summed E-state index contributed by atoms with van der Waals surface area (Å²) in [5.74, 6) is 1.43. The Balaban J connectivity index is 1.67. The molecule has 2 atom stereocenters. The van der Waals surface area contributed by atoms with Crippen molar-refractivity contribution in [1.29, 1.82) is 0 Å². The van der Waals surface area contributed by atoms with Crippen LogP contribution in [0.15, 0.2) is 82.8 Å². The minimum atomic E-state index is 0.0255. The lowest BCUT2D eigenvalue weighted by Gasteiger charge is -2.22. The molecule has 0 aromatic heterocycles. The fraction of sp³-hybridized carbons (Fsp3) is 0.353. The second-order valence-electron chi connectivity index (χ2n) is 12.7. The number of hydrogen-bond donors (Lipinski definition) is 0. The first-order valence-corrected chi connectivity index (χ1v) is 13.6. The van der Waals surface area contributed by atoms with Gasteiger partial charge in [0.25, 0.3) is 0 Å². The molecule has 4 aromatic rings. The van der Waals surface area contributed by atoms with Crippen LogP contribution in [0.3, 0.4) is 0 Å². The van der Waals surface area contributed by atoms with Gasteiger partial charge in [0, 0.05) is 22.3 Å². The third kappa shape index (κ3) is 4.26. The Morgan fingerprint density at radius 2 is 0.947 bits per heavy atom. The van der Waals surface area contributed by atoms with Crippen LogP contribution in [0.2, 0.25) is 0 Å².